The molecule has 2 aromatic rings. The van der Waals surface area contributed by atoms with E-state index in [1.807, 2.05) is 54.9 Å². The third-order valence-corrected chi connectivity index (χ3v) is 3.57. The molecule has 23 heavy (non-hydrogen) atoms. The van der Waals surface area contributed by atoms with Gasteiger partial charge in [-0.1, -0.05) is 37.3 Å². The molecule has 7 heteroatoms. The zero-order valence-electron chi connectivity index (χ0n) is 13.3. The fraction of sp³-hybridized carbons (Fsp3) is 0.375. The van der Waals surface area contributed by atoms with Gasteiger partial charge in [-0.05, 0) is 12.5 Å². The summed E-state index contributed by atoms with van der Waals surface area (Å²) in [6.45, 7) is 4.52. The third kappa shape index (κ3) is 6.22. The Morgan fingerprint density at radius 3 is 2.48 bits per heavy atom. The quantitative estimate of drug-likeness (QED) is 0.833. The Morgan fingerprint density at radius 2 is 1.91 bits per heavy atom. The van der Waals surface area contributed by atoms with Gasteiger partial charge in [-0.15, -0.1) is 24.8 Å². The Bertz CT molecular complexity index is 563. The predicted molar refractivity (Wildman–Crippen MR) is 96.9 cm³/mol. The van der Waals surface area contributed by atoms with E-state index < -0.39 is 0 Å². The van der Waals surface area contributed by atoms with Crippen molar-refractivity contribution in [3.05, 3.63) is 54.6 Å². The summed E-state index contributed by atoms with van der Waals surface area (Å²) in [4.78, 5) is 16.3. The van der Waals surface area contributed by atoms with Crippen molar-refractivity contribution in [2.24, 2.45) is 11.7 Å². The molecule has 1 heterocycles. The number of carbonyl (C=O) groups excluding carboxylic acids is 1. The fourth-order valence-corrected chi connectivity index (χ4v) is 2.26. The number of carbonyl (C=O) groups is 1. The van der Waals surface area contributed by atoms with Crippen molar-refractivity contribution in [3.63, 3.8) is 0 Å². The Morgan fingerprint density at radius 1 is 1.26 bits per heavy atom. The number of hydrogen-bond acceptors (Lipinski definition) is 3. The molecule has 0 bridgehead atoms. The first-order valence-corrected chi connectivity index (χ1v) is 7.14. The van der Waals surface area contributed by atoms with Crippen molar-refractivity contribution >= 4 is 30.7 Å². The molecule has 1 amide bonds. The lowest BCUT2D eigenvalue weighted by molar-refractivity contribution is -0.125. The summed E-state index contributed by atoms with van der Waals surface area (Å²) in [6.07, 6.45) is 5.34. The summed E-state index contributed by atoms with van der Waals surface area (Å²) in [5.41, 5.74) is 7.15. The van der Waals surface area contributed by atoms with Crippen molar-refractivity contribution < 1.29 is 4.79 Å². The van der Waals surface area contributed by atoms with Gasteiger partial charge in [0.05, 0.1) is 12.2 Å². The molecule has 1 aromatic carbocycles. The van der Waals surface area contributed by atoms with E-state index in [-0.39, 0.29) is 48.7 Å². The maximum absolute atomic E-state index is 12.3. The Hall–Kier alpha value is -1.56. The molecule has 0 saturated heterocycles. The average Bonchev–Trinajstić information content (AvgIpc) is 2.99. The summed E-state index contributed by atoms with van der Waals surface area (Å²) in [5.74, 6) is -0.309. The summed E-state index contributed by atoms with van der Waals surface area (Å²) >= 11 is 0. The molecule has 128 valence electrons. The number of nitrogens with two attached hydrogens (primary N) is 1. The lowest BCUT2D eigenvalue weighted by Crippen LogP contribution is -2.41. The van der Waals surface area contributed by atoms with Crippen LogP contribution in [-0.4, -0.2) is 21.5 Å². The Balaban J connectivity index is 0.00000242. The van der Waals surface area contributed by atoms with Crippen LogP contribution in [0.4, 0.5) is 0 Å². The number of imidazole rings is 1. The second-order valence-corrected chi connectivity index (χ2v) is 5.39. The summed E-state index contributed by atoms with van der Waals surface area (Å²) in [7, 11) is 0. The van der Waals surface area contributed by atoms with Gasteiger partial charge in [-0.3, -0.25) is 4.79 Å². The summed E-state index contributed by atoms with van der Waals surface area (Å²) in [5, 5.41) is 3.00. The third-order valence-electron chi connectivity index (χ3n) is 3.57. The second kappa shape index (κ2) is 10.3. The van der Waals surface area contributed by atoms with Crippen molar-refractivity contribution in [3.8, 4) is 0 Å². The van der Waals surface area contributed by atoms with Crippen molar-refractivity contribution in [2.45, 2.75) is 32.5 Å². The van der Waals surface area contributed by atoms with Gasteiger partial charge in [0.15, 0.2) is 0 Å². The minimum atomic E-state index is -0.299. The normalized spacial score (nSPS) is 13.9. The van der Waals surface area contributed by atoms with Crippen LogP contribution in [0.25, 0.3) is 0 Å². The van der Waals surface area contributed by atoms with E-state index in [9.17, 15) is 4.79 Å². The molecule has 0 fully saturated rings. The Kier molecular flexibility index (Phi) is 9.56. The van der Waals surface area contributed by atoms with Crippen molar-refractivity contribution in [2.75, 3.05) is 0 Å². The number of hydrogen-bond donors (Lipinski definition) is 2. The van der Waals surface area contributed by atoms with E-state index in [1.54, 1.807) is 12.5 Å². The molecule has 5 nitrogen and oxygen atoms in total. The van der Waals surface area contributed by atoms with Gasteiger partial charge in [-0.25, -0.2) is 4.98 Å². The highest BCUT2D eigenvalue weighted by atomic mass is 35.5. The highest BCUT2D eigenvalue weighted by Gasteiger charge is 2.23. The van der Waals surface area contributed by atoms with Crippen LogP contribution in [-0.2, 0) is 11.3 Å². The number of rotatable bonds is 6. The molecule has 3 unspecified atom stereocenters. The van der Waals surface area contributed by atoms with E-state index in [0.717, 1.165) is 5.56 Å². The predicted octanol–water partition coefficient (Wildman–Crippen LogP) is 2.57. The highest BCUT2D eigenvalue weighted by molar-refractivity contribution is 5.85. The number of nitrogens with zero attached hydrogens (tertiary/aromatic N) is 2. The van der Waals surface area contributed by atoms with Crippen LogP contribution in [0.3, 0.4) is 0 Å². The lowest BCUT2D eigenvalue weighted by atomic mass is 9.94. The number of amides is 1. The molecule has 0 radical (unpaired) electrons. The highest BCUT2D eigenvalue weighted by Crippen LogP contribution is 2.19. The molecule has 0 aliphatic rings. The van der Waals surface area contributed by atoms with Crippen LogP contribution < -0.4 is 11.1 Å². The number of benzene rings is 1. The maximum Gasteiger partial charge on any atom is 0.225 e. The van der Waals surface area contributed by atoms with E-state index in [1.165, 1.54) is 0 Å². The van der Waals surface area contributed by atoms with Crippen LogP contribution in [0.15, 0.2) is 49.1 Å². The van der Waals surface area contributed by atoms with Crippen LogP contribution in [0.2, 0.25) is 0 Å². The minimum absolute atomic E-state index is 0. The van der Waals surface area contributed by atoms with Gasteiger partial charge in [0, 0.05) is 31.0 Å². The molecular formula is C16H24Cl2N4O. The van der Waals surface area contributed by atoms with Crippen molar-refractivity contribution in [1.82, 2.24) is 14.9 Å². The molecule has 0 saturated carbocycles. The van der Waals surface area contributed by atoms with Crippen molar-refractivity contribution in [1.29, 1.82) is 0 Å². The largest absolute Gasteiger partial charge is 0.352 e. The zero-order valence-corrected chi connectivity index (χ0v) is 14.9. The minimum Gasteiger partial charge on any atom is -0.352 e. The van der Waals surface area contributed by atoms with Gasteiger partial charge < -0.3 is 15.6 Å². The first-order valence-electron chi connectivity index (χ1n) is 7.14. The molecule has 0 aliphatic carbocycles. The van der Waals surface area contributed by atoms with E-state index in [2.05, 4.69) is 10.3 Å². The molecule has 3 N–H and O–H groups in total. The van der Waals surface area contributed by atoms with Gasteiger partial charge in [-0.2, -0.15) is 0 Å². The van der Waals surface area contributed by atoms with Crippen LogP contribution in [0.5, 0.6) is 0 Å². The van der Waals surface area contributed by atoms with Gasteiger partial charge >= 0.3 is 0 Å². The van der Waals surface area contributed by atoms with Crippen LogP contribution in [0, 0.1) is 5.92 Å². The number of nitrogens with one attached hydrogen (secondary N) is 1. The first kappa shape index (κ1) is 21.4. The van der Waals surface area contributed by atoms with Crippen LogP contribution in [0.1, 0.15) is 25.5 Å². The summed E-state index contributed by atoms with van der Waals surface area (Å²) in [6, 6.07) is 9.42. The van der Waals surface area contributed by atoms with E-state index >= 15 is 0 Å². The SMILES string of the molecule is CC(Cn1ccnc1)NC(=O)C(C)C(N)c1ccccc1.Cl.Cl. The van der Waals surface area contributed by atoms with E-state index in [4.69, 9.17) is 5.73 Å². The second-order valence-electron chi connectivity index (χ2n) is 5.39. The average molecular weight is 359 g/mol. The zero-order chi connectivity index (χ0) is 15.2. The molecule has 3 atom stereocenters. The van der Waals surface area contributed by atoms with Gasteiger partial charge in [0.2, 0.25) is 5.91 Å². The Labute approximate surface area is 149 Å². The standard InChI is InChI=1S/C16H22N4O.2ClH/c1-12(10-20-9-8-18-11-20)19-16(21)13(2)15(17)14-6-4-3-5-7-14;;/h3-9,11-13,15H,10,17H2,1-2H3,(H,19,21);2*1H. The monoisotopic (exact) mass is 358 g/mol. The molecular weight excluding hydrogens is 335 g/mol. The van der Waals surface area contributed by atoms with E-state index in [0.29, 0.717) is 6.54 Å². The molecule has 0 aliphatic heterocycles. The fourth-order valence-electron chi connectivity index (χ4n) is 2.26. The summed E-state index contributed by atoms with van der Waals surface area (Å²) < 4.78 is 1.94. The molecule has 2 rings (SSSR count). The number of aromatic nitrogens is 2. The number of halogens is 2. The first-order chi connectivity index (χ1) is 10.1. The molecule has 1 aromatic heterocycles. The van der Waals surface area contributed by atoms with Gasteiger partial charge in [0.1, 0.15) is 0 Å². The smallest absolute Gasteiger partial charge is 0.225 e. The maximum atomic E-state index is 12.3. The lowest BCUT2D eigenvalue weighted by Gasteiger charge is -2.22. The molecule has 0 spiro atoms. The van der Waals surface area contributed by atoms with Gasteiger partial charge in [0.25, 0.3) is 0 Å². The van der Waals surface area contributed by atoms with Crippen LogP contribution >= 0.6 is 24.8 Å². The topological polar surface area (TPSA) is 72.9 Å².